The van der Waals surface area contributed by atoms with Gasteiger partial charge in [0.15, 0.2) is 5.69 Å². The molecule has 1 aromatic rings. The van der Waals surface area contributed by atoms with Crippen LogP contribution in [0.4, 0.5) is 0 Å². The molecule has 1 rings (SSSR count). The topological polar surface area (TPSA) is 99.8 Å². The number of carbonyl (C=O) groups excluding carboxylic acids is 2. The second-order valence-electron chi connectivity index (χ2n) is 4.66. The molecule has 0 saturated heterocycles. The summed E-state index contributed by atoms with van der Waals surface area (Å²) >= 11 is 0. The normalized spacial score (nSPS) is 11.0. The van der Waals surface area contributed by atoms with Crippen LogP contribution in [0.3, 0.4) is 0 Å². The van der Waals surface area contributed by atoms with Gasteiger partial charge in [0.25, 0.3) is 5.91 Å². The van der Waals surface area contributed by atoms with E-state index in [-0.39, 0.29) is 36.0 Å². The van der Waals surface area contributed by atoms with E-state index < -0.39 is 0 Å². The Hall–Kier alpha value is -1.92. The van der Waals surface area contributed by atoms with Crippen LogP contribution >= 0.6 is 0 Å². The molecule has 1 aromatic heterocycles. The highest BCUT2D eigenvalue weighted by atomic mass is 16.2. The van der Waals surface area contributed by atoms with Gasteiger partial charge in [-0.2, -0.15) is 15.4 Å². The lowest BCUT2D eigenvalue weighted by Crippen LogP contribution is -2.42. The molecule has 0 aromatic carbocycles. The number of hydrogen-bond acceptors (Lipinski definition) is 4. The van der Waals surface area contributed by atoms with Crippen LogP contribution in [-0.2, 0) is 4.79 Å². The second kappa shape index (κ2) is 5.42. The Morgan fingerprint density at radius 1 is 1.41 bits per heavy atom. The third-order valence-electron chi connectivity index (χ3n) is 1.80. The van der Waals surface area contributed by atoms with E-state index in [1.165, 1.54) is 6.20 Å². The summed E-state index contributed by atoms with van der Waals surface area (Å²) in [6, 6.07) is 0. The summed E-state index contributed by atoms with van der Waals surface area (Å²) in [5, 5.41) is 14.9. The maximum atomic E-state index is 11.4. The van der Waals surface area contributed by atoms with E-state index in [4.69, 9.17) is 0 Å². The van der Waals surface area contributed by atoms with Gasteiger partial charge in [-0.3, -0.25) is 9.59 Å². The van der Waals surface area contributed by atoms with Gasteiger partial charge in [0.1, 0.15) is 0 Å². The molecule has 0 fully saturated rings. The van der Waals surface area contributed by atoms with Crippen molar-refractivity contribution in [2.75, 3.05) is 6.54 Å². The van der Waals surface area contributed by atoms with Crippen molar-refractivity contribution < 1.29 is 9.59 Å². The molecule has 0 aliphatic carbocycles. The number of nitrogens with zero attached hydrogens (tertiary/aromatic N) is 2. The predicted octanol–water partition coefficient (Wildman–Crippen LogP) is -0.161. The van der Waals surface area contributed by atoms with Crippen molar-refractivity contribution in [3.05, 3.63) is 11.9 Å². The zero-order chi connectivity index (χ0) is 12.9. The molecule has 0 atom stereocenters. The second-order valence-corrected chi connectivity index (χ2v) is 4.66. The van der Waals surface area contributed by atoms with E-state index in [0.29, 0.717) is 0 Å². The Morgan fingerprint density at radius 2 is 2.12 bits per heavy atom. The summed E-state index contributed by atoms with van der Waals surface area (Å²) in [7, 11) is 0. The summed E-state index contributed by atoms with van der Waals surface area (Å²) in [5.74, 6) is -0.444. The Bertz CT molecular complexity index is 380. The minimum atomic E-state index is -0.345. The quantitative estimate of drug-likeness (QED) is 0.679. The Labute approximate surface area is 99.4 Å². The molecule has 17 heavy (non-hydrogen) atoms. The van der Waals surface area contributed by atoms with Crippen molar-refractivity contribution in [1.29, 1.82) is 0 Å². The number of amides is 2. The van der Waals surface area contributed by atoms with E-state index in [1.54, 1.807) is 0 Å². The van der Waals surface area contributed by atoms with Crippen molar-refractivity contribution in [1.82, 2.24) is 26.0 Å². The summed E-state index contributed by atoms with van der Waals surface area (Å²) in [6.45, 7) is 5.98. The fraction of sp³-hybridized carbons (Fsp3) is 0.600. The zero-order valence-electron chi connectivity index (χ0n) is 10.2. The van der Waals surface area contributed by atoms with Crippen molar-refractivity contribution in [2.24, 2.45) is 0 Å². The number of hydrogen-bond donors (Lipinski definition) is 3. The van der Waals surface area contributed by atoms with Crippen molar-refractivity contribution in [2.45, 2.75) is 32.7 Å². The molecule has 0 aliphatic heterocycles. The maximum absolute atomic E-state index is 11.4. The van der Waals surface area contributed by atoms with Crippen molar-refractivity contribution in [3.63, 3.8) is 0 Å². The third-order valence-corrected chi connectivity index (χ3v) is 1.80. The van der Waals surface area contributed by atoms with Crippen LogP contribution in [0.25, 0.3) is 0 Å². The van der Waals surface area contributed by atoms with Gasteiger partial charge in [-0.25, -0.2) is 0 Å². The number of H-pyrrole nitrogens is 1. The highest BCUT2D eigenvalue weighted by Gasteiger charge is 2.14. The predicted molar refractivity (Wildman–Crippen MR) is 61.2 cm³/mol. The van der Waals surface area contributed by atoms with E-state index in [0.717, 1.165) is 0 Å². The average Bonchev–Trinajstić information content (AvgIpc) is 2.66. The van der Waals surface area contributed by atoms with Gasteiger partial charge in [0.05, 0.1) is 6.20 Å². The highest BCUT2D eigenvalue weighted by molar-refractivity contribution is 5.92. The minimum Gasteiger partial charge on any atom is -0.351 e. The van der Waals surface area contributed by atoms with Crippen LogP contribution < -0.4 is 10.6 Å². The fourth-order valence-corrected chi connectivity index (χ4v) is 1.17. The monoisotopic (exact) mass is 239 g/mol. The number of carbonyl (C=O) groups is 2. The molecule has 7 heteroatoms. The summed E-state index contributed by atoms with van der Waals surface area (Å²) < 4.78 is 0. The molecule has 0 aliphatic rings. The average molecular weight is 239 g/mol. The SMILES string of the molecule is CC(C)(C)NC(=O)CCNC(=O)c1cn[nH]n1. The Morgan fingerprint density at radius 3 is 2.65 bits per heavy atom. The number of aromatic nitrogens is 3. The molecule has 0 bridgehead atoms. The van der Waals surface area contributed by atoms with Crippen LogP contribution in [0, 0.1) is 0 Å². The molecule has 7 nitrogen and oxygen atoms in total. The molecular formula is C10H17N5O2. The number of rotatable bonds is 4. The lowest BCUT2D eigenvalue weighted by atomic mass is 10.1. The zero-order valence-corrected chi connectivity index (χ0v) is 10.2. The molecule has 0 spiro atoms. The molecule has 94 valence electrons. The van der Waals surface area contributed by atoms with E-state index in [1.807, 2.05) is 20.8 Å². The molecule has 1 heterocycles. The molecule has 0 saturated carbocycles. The smallest absolute Gasteiger partial charge is 0.273 e. The maximum Gasteiger partial charge on any atom is 0.273 e. The molecule has 2 amide bonds. The van der Waals surface area contributed by atoms with Crippen LogP contribution in [0.15, 0.2) is 6.20 Å². The minimum absolute atomic E-state index is 0.0991. The largest absolute Gasteiger partial charge is 0.351 e. The van der Waals surface area contributed by atoms with Gasteiger partial charge in [-0.1, -0.05) is 0 Å². The van der Waals surface area contributed by atoms with Gasteiger partial charge < -0.3 is 10.6 Å². The summed E-state index contributed by atoms with van der Waals surface area (Å²) in [5.41, 5.74) is -0.0473. The fourth-order valence-electron chi connectivity index (χ4n) is 1.17. The van der Waals surface area contributed by atoms with Gasteiger partial charge in [0, 0.05) is 18.5 Å². The molecule has 0 unspecified atom stereocenters. The summed E-state index contributed by atoms with van der Waals surface area (Å²) in [4.78, 5) is 22.8. The lowest BCUT2D eigenvalue weighted by molar-refractivity contribution is -0.122. The Kier molecular flexibility index (Phi) is 4.19. The van der Waals surface area contributed by atoms with E-state index >= 15 is 0 Å². The lowest BCUT2D eigenvalue weighted by Gasteiger charge is -2.20. The third kappa shape index (κ3) is 5.10. The Balaban J connectivity index is 2.24. The van der Waals surface area contributed by atoms with Gasteiger partial charge in [-0.15, -0.1) is 0 Å². The molecule has 0 radical (unpaired) electrons. The van der Waals surface area contributed by atoms with E-state index in [2.05, 4.69) is 26.0 Å². The standard InChI is InChI=1S/C10H17N5O2/c1-10(2,3)13-8(16)4-5-11-9(17)7-6-12-15-14-7/h6H,4-5H2,1-3H3,(H,11,17)(H,13,16)(H,12,14,15). The van der Waals surface area contributed by atoms with Crippen LogP contribution in [0.1, 0.15) is 37.7 Å². The summed E-state index contributed by atoms with van der Waals surface area (Å²) in [6.07, 6.45) is 1.56. The van der Waals surface area contributed by atoms with E-state index in [9.17, 15) is 9.59 Å². The van der Waals surface area contributed by atoms with Gasteiger partial charge in [-0.05, 0) is 20.8 Å². The first-order chi connectivity index (χ1) is 7.88. The van der Waals surface area contributed by atoms with Gasteiger partial charge in [0.2, 0.25) is 5.91 Å². The molecule has 3 N–H and O–H groups in total. The first-order valence-corrected chi connectivity index (χ1v) is 5.33. The van der Waals surface area contributed by atoms with Crippen LogP contribution in [0.2, 0.25) is 0 Å². The van der Waals surface area contributed by atoms with Crippen molar-refractivity contribution in [3.8, 4) is 0 Å². The first kappa shape index (κ1) is 13.1. The van der Waals surface area contributed by atoms with Gasteiger partial charge >= 0.3 is 0 Å². The first-order valence-electron chi connectivity index (χ1n) is 5.33. The van der Waals surface area contributed by atoms with Crippen LogP contribution in [0.5, 0.6) is 0 Å². The number of nitrogens with one attached hydrogen (secondary N) is 3. The number of aromatic amines is 1. The molecular weight excluding hydrogens is 222 g/mol. The highest BCUT2D eigenvalue weighted by Crippen LogP contribution is 1.98. The van der Waals surface area contributed by atoms with Crippen molar-refractivity contribution >= 4 is 11.8 Å². The van der Waals surface area contributed by atoms with Crippen LogP contribution in [-0.4, -0.2) is 39.3 Å².